The zero-order valence-corrected chi connectivity index (χ0v) is 13.9. The van der Waals surface area contributed by atoms with Crippen LogP contribution in [0.4, 0.5) is 0 Å². The molecular formula is C18H17ClN2O2. The highest BCUT2D eigenvalue weighted by molar-refractivity contribution is 6.30. The Labute approximate surface area is 139 Å². The molecule has 1 aromatic heterocycles. The van der Waals surface area contributed by atoms with Gasteiger partial charge in [-0.25, -0.2) is 0 Å². The van der Waals surface area contributed by atoms with Crippen LogP contribution < -0.4 is 5.56 Å². The Balaban J connectivity index is 2.22. The van der Waals surface area contributed by atoms with E-state index in [9.17, 15) is 9.90 Å². The van der Waals surface area contributed by atoms with Gasteiger partial charge in [-0.2, -0.15) is 0 Å². The maximum absolute atomic E-state index is 12.4. The number of nitrogens with zero attached hydrogens (tertiary/aromatic N) is 2. The molecule has 23 heavy (non-hydrogen) atoms. The van der Waals surface area contributed by atoms with Gasteiger partial charge in [0.25, 0.3) is 5.56 Å². The highest BCUT2D eigenvalue weighted by Gasteiger charge is 2.19. The second-order valence-electron chi connectivity index (χ2n) is 5.59. The van der Waals surface area contributed by atoms with Gasteiger partial charge < -0.3 is 5.11 Å². The number of benzene rings is 2. The van der Waals surface area contributed by atoms with Crippen molar-refractivity contribution in [3.8, 4) is 28.1 Å². The minimum atomic E-state index is -0.221. The zero-order chi connectivity index (χ0) is 16.7. The fraction of sp³-hybridized carbons (Fsp3) is 0.167. The number of aromatic hydroxyl groups is 1. The first-order valence-electron chi connectivity index (χ1n) is 7.22. The number of aromatic nitrogens is 2. The van der Waals surface area contributed by atoms with Crippen LogP contribution in [0.3, 0.4) is 0 Å². The number of hydrogen-bond donors (Lipinski definition) is 1. The highest BCUT2D eigenvalue weighted by Crippen LogP contribution is 2.32. The first kappa shape index (κ1) is 15.4. The van der Waals surface area contributed by atoms with Crippen LogP contribution in [0.2, 0.25) is 5.02 Å². The molecule has 118 valence electrons. The van der Waals surface area contributed by atoms with E-state index in [0.29, 0.717) is 10.6 Å². The molecule has 0 fully saturated rings. The van der Waals surface area contributed by atoms with Gasteiger partial charge in [-0.15, -0.1) is 0 Å². The first-order valence-corrected chi connectivity index (χ1v) is 7.60. The Hall–Kier alpha value is -2.46. The van der Waals surface area contributed by atoms with Crippen molar-refractivity contribution in [1.82, 2.24) is 9.36 Å². The first-order chi connectivity index (χ1) is 10.9. The monoisotopic (exact) mass is 328 g/mol. The summed E-state index contributed by atoms with van der Waals surface area (Å²) in [5.41, 5.74) is 3.73. The van der Waals surface area contributed by atoms with Gasteiger partial charge in [0.1, 0.15) is 5.56 Å². The molecule has 0 aliphatic carbocycles. The topological polar surface area (TPSA) is 47.2 Å². The summed E-state index contributed by atoms with van der Waals surface area (Å²) in [4.78, 5) is 12.4. The lowest BCUT2D eigenvalue weighted by Gasteiger charge is -2.08. The molecule has 3 rings (SSSR count). The summed E-state index contributed by atoms with van der Waals surface area (Å²) in [7, 11) is 3.28. The van der Waals surface area contributed by atoms with Crippen LogP contribution in [-0.2, 0) is 14.1 Å². The number of rotatable bonds is 2. The van der Waals surface area contributed by atoms with E-state index in [1.54, 1.807) is 14.1 Å². The molecular weight excluding hydrogens is 312 g/mol. The molecule has 2 aromatic carbocycles. The zero-order valence-electron chi connectivity index (χ0n) is 13.2. The third-order valence-electron chi connectivity index (χ3n) is 4.17. The summed E-state index contributed by atoms with van der Waals surface area (Å²) in [6, 6.07) is 13.4. The van der Waals surface area contributed by atoms with Gasteiger partial charge in [-0.05, 0) is 47.4 Å². The highest BCUT2D eigenvalue weighted by atomic mass is 35.5. The molecule has 5 heteroatoms. The molecule has 0 amide bonds. The van der Waals surface area contributed by atoms with E-state index in [2.05, 4.69) is 0 Å². The van der Waals surface area contributed by atoms with Gasteiger partial charge >= 0.3 is 0 Å². The number of aryl methyl sites for hydroxylation is 1. The molecule has 0 aliphatic heterocycles. The van der Waals surface area contributed by atoms with Crippen LogP contribution in [0.15, 0.2) is 47.3 Å². The third-order valence-corrected chi connectivity index (χ3v) is 4.42. The van der Waals surface area contributed by atoms with Crippen molar-refractivity contribution in [3.63, 3.8) is 0 Å². The smallest absolute Gasteiger partial charge is 0.278 e. The average Bonchev–Trinajstić information content (AvgIpc) is 2.73. The molecule has 3 aromatic rings. The number of halogens is 1. The molecule has 0 unspecified atom stereocenters. The Morgan fingerprint density at radius 3 is 2.13 bits per heavy atom. The maximum Gasteiger partial charge on any atom is 0.278 e. The van der Waals surface area contributed by atoms with Crippen molar-refractivity contribution in [2.75, 3.05) is 0 Å². The Kier molecular flexibility index (Phi) is 3.78. The molecule has 0 aliphatic rings. The molecule has 4 nitrogen and oxygen atoms in total. The fourth-order valence-corrected chi connectivity index (χ4v) is 2.77. The van der Waals surface area contributed by atoms with E-state index in [1.165, 1.54) is 9.36 Å². The van der Waals surface area contributed by atoms with Gasteiger partial charge in [-0.1, -0.05) is 35.9 Å². The molecule has 0 radical (unpaired) electrons. The second kappa shape index (κ2) is 5.63. The molecule has 1 N–H and O–H groups in total. The van der Waals surface area contributed by atoms with Crippen molar-refractivity contribution < 1.29 is 5.11 Å². The quantitative estimate of drug-likeness (QED) is 0.779. The van der Waals surface area contributed by atoms with E-state index in [0.717, 1.165) is 22.3 Å². The summed E-state index contributed by atoms with van der Waals surface area (Å²) >= 11 is 5.93. The SMILES string of the molecule is Cc1ccc(-c2ccc(Cl)cc2)cc1-c1c(O)n(C)n(C)c1=O. The van der Waals surface area contributed by atoms with Gasteiger partial charge in [-0.3, -0.25) is 14.2 Å². The minimum absolute atomic E-state index is 0.0335. The summed E-state index contributed by atoms with van der Waals surface area (Å²) < 4.78 is 2.82. The molecule has 0 saturated carbocycles. The molecule has 0 saturated heterocycles. The van der Waals surface area contributed by atoms with Crippen LogP contribution in [0.1, 0.15) is 5.56 Å². The lowest BCUT2D eigenvalue weighted by atomic mass is 9.96. The van der Waals surface area contributed by atoms with Crippen LogP contribution in [-0.4, -0.2) is 14.5 Å². The lowest BCUT2D eigenvalue weighted by molar-refractivity contribution is 0.398. The van der Waals surface area contributed by atoms with Crippen LogP contribution in [0.25, 0.3) is 22.3 Å². The van der Waals surface area contributed by atoms with Gasteiger partial charge in [0.15, 0.2) is 0 Å². The summed E-state index contributed by atoms with van der Waals surface area (Å²) in [5, 5.41) is 11.0. The predicted octanol–water partition coefficient (Wildman–Crippen LogP) is 3.73. The largest absolute Gasteiger partial charge is 0.493 e. The molecule has 1 heterocycles. The lowest BCUT2D eigenvalue weighted by Crippen LogP contribution is -2.17. The van der Waals surface area contributed by atoms with E-state index >= 15 is 0 Å². The molecule has 0 atom stereocenters. The van der Waals surface area contributed by atoms with Crippen LogP contribution in [0.5, 0.6) is 5.88 Å². The van der Waals surface area contributed by atoms with Crippen molar-refractivity contribution in [1.29, 1.82) is 0 Å². The number of hydrogen-bond acceptors (Lipinski definition) is 2. The van der Waals surface area contributed by atoms with Crippen LogP contribution >= 0.6 is 11.6 Å². The Morgan fingerprint density at radius 1 is 0.957 bits per heavy atom. The van der Waals surface area contributed by atoms with Crippen molar-refractivity contribution in [2.45, 2.75) is 6.92 Å². The fourth-order valence-electron chi connectivity index (χ4n) is 2.65. The van der Waals surface area contributed by atoms with Crippen LogP contribution in [0, 0.1) is 6.92 Å². The summed E-state index contributed by atoms with van der Waals surface area (Å²) in [6.07, 6.45) is 0. The van der Waals surface area contributed by atoms with Gasteiger partial charge in [0, 0.05) is 19.1 Å². The summed E-state index contributed by atoms with van der Waals surface area (Å²) in [5.74, 6) is -0.0335. The normalized spacial score (nSPS) is 11.0. The van der Waals surface area contributed by atoms with Crippen molar-refractivity contribution in [2.24, 2.45) is 14.1 Å². The predicted molar refractivity (Wildman–Crippen MR) is 92.9 cm³/mol. The maximum atomic E-state index is 12.4. The van der Waals surface area contributed by atoms with E-state index in [1.807, 2.05) is 49.4 Å². The van der Waals surface area contributed by atoms with Gasteiger partial charge in [0.2, 0.25) is 5.88 Å². The average molecular weight is 329 g/mol. The Morgan fingerprint density at radius 2 is 1.57 bits per heavy atom. The standard InChI is InChI=1S/C18H17ClN2O2/c1-11-4-5-13(12-6-8-14(19)9-7-12)10-15(11)16-17(22)20(2)21(3)18(16)23/h4-10,22H,1-3H3. The van der Waals surface area contributed by atoms with E-state index in [-0.39, 0.29) is 11.4 Å². The van der Waals surface area contributed by atoms with E-state index in [4.69, 9.17) is 11.6 Å². The van der Waals surface area contributed by atoms with E-state index < -0.39 is 0 Å². The summed E-state index contributed by atoms with van der Waals surface area (Å²) in [6.45, 7) is 1.92. The molecule has 0 spiro atoms. The molecule has 0 bridgehead atoms. The Bertz CT molecular complexity index is 937. The van der Waals surface area contributed by atoms with Gasteiger partial charge in [0.05, 0.1) is 0 Å². The third kappa shape index (κ3) is 2.55. The van der Waals surface area contributed by atoms with Crippen molar-refractivity contribution >= 4 is 11.6 Å². The second-order valence-corrected chi connectivity index (χ2v) is 6.02. The van der Waals surface area contributed by atoms with Crippen molar-refractivity contribution in [3.05, 3.63) is 63.4 Å². The minimum Gasteiger partial charge on any atom is -0.493 e.